The second-order valence-electron chi connectivity index (χ2n) is 1.38. The Bertz CT molecular complexity index is 154. The number of nitrogens with one attached hydrogen (secondary N) is 1. The van der Waals surface area contributed by atoms with Gasteiger partial charge in [0.1, 0.15) is 5.88 Å². The molecule has 5 nitrogen and oxygen atoms in total. The van der Waals surface area contributed by atoms with Crippen molar-refractivity contribution in [2.45, 2.75) is 0 Å². The molecule has 7 heteroatoms. The molecule has 1 amide bonds. The summed E-state index contributed by atoms with van der Waals surface area (Å²) < 4.78 is 10.3. The maximum atomic E-state index is 10.3. The van der Waals surface area contributed by atoms with Gasteiger partial charge < -0.3 is 0 Å². The van der Waals surface area contributed by atoms with Gasteiger partial charge in [-0.15, -0.1) is 11.6 Å². The molecule has 9 heavy (non-hydrogen) atoms. The second-order valence-corrected chi connectivity index (χ2v) is 3.29. The Hall–Kier alpha value is -0.0900. The highest BCUT2D eigenvalue weighted by molar-refractivity contribution is 7.57. The molecule has 0 fully saturated rings. The van der Waals surface area contributed by atoms with E-state index in [1.54, 1.807) is 0 Å². The lowest BCUT2D eigenvalue weighted by atomic mass is 10.8. The first-order valence-electron chi connectivity index (χ1n) is 2.00. The number of nitrogens with two attached hydrogens (primary N) is 2. The summed E-state index contributed by atoms with van der Waals surface area (Å²) in [6.45, 7) is 0. The van der Waals surface area contributed by atoms with Crippen LogP contribution >= 0.6 is 19.2 Å². The number of rotatable bonds is 2. The van der Waals surface area contributed by atoms with Gasteiger partial charge in [0, 0.05) is 0 Å². The number of carbonyl (C=O) groups is 1. The molecule has 0 aliphatic carbocycles. The van der Waals surface area contributed by atoms with E-state index in [4.69, 9.17) is 22.6 Å². The van der Waals surface area contributed by atoms with E-state index in [0.29, 0.717) is 0 Å². The predicted octanol–water partition coefficient (Wildman–Crippen LogP) is -0.633. The fraction of sp³-hybridized carbons (Fsp3) is 0.500. The average Bonchev–Trinajstić information content (AvgIpc) is 1.62. The lowest BCUT2D eigenvalue weighted by molar-refractivity contribution is -0.117. The molecule has 0 aliphatic heterocycles. The van der Waals surface area contributed by atoms with Crippen LogP contribution in [0.25, 0.3) is 0 Å². The van der Waals surface area contributed by atoms with E-state index in [-0.39, 0.29) is 5.88 Å². The summed E-state index contributed by atoms with van der Waals surface area (Å²) in [6.07, 6.45) is 0. The first-order valence-corrected chi connectivity index (χ1v) is 4.38. The summed E-state index contributed by atoms with van der Waals surface area (Å²) in [4.78, 5) is 10.3. The molecule has 0 radical (unpaired) electrons. The van der Waals surface area contributed by atoms with E-state index < -0.39 is 13.5 Å². The minimum Gasteiger partial charge on any atom is -0.282 e. The van der Waals surface area contributed by atoms with Crippen molar-refractivity contribution >= 4 is 25.1 Å². The van der Waals surface area contributed by atoms with Gasteiger partial charge in [0.05, 0.1) is 0 Å². The SMILES string of the molecule is NP(N)(=O)NC(=O)CCl. The van der Waals surface area contributed by atoms with E-state index >= 15 is 0 Å². The fourth-order valence-corrected chi connectivity index (χ4v) is 0.854. The van der Waals surface area contributed by atoms with Crippen LogP contribution in [0.3, 0.4) is 0 Å². The van der Waals surface area contributed by atoms with Gasteiger partial charge in [-0.25, -0.2) is 0 Å². The van der Waals surface area contributed by atoms with E-state index in [0.717, 1.165) is 0 Å². The molecule has 0 saturated heterocycles. The number of alkyl halides is 1. The summed E-state index contributed by atoms with van der Waals surface area (Å²) >= 11 is 5.01. The smallest absolute Gasteiger partial charge is 0.282 e. The van der Waals surface area contributed by atoms with E-state index in [9.17, 15) is 9.36 Å². The predicted molar refractivity (Wildman–Crippen MR) is 34.8 cm³/mol. The molecular formula is C2H7ClN3O2P. The lowest BCUT2D eigenvalue weighted by Crippen LogP contribution is -2.29. The first-order chi connectivity index (χ1) is 3.95. The molecule has 0 heterocycles. The molecule has 0 rings (SSSR count). The van der Waals surface area contributed by atoms with Crippen molar-refractivity contribution in [3.8, 4) is 0 Å². The molecule has 0 aromatic carbocycles. The van der Waals surface area contributed by atoms with Gasteiger partial charge >= 0.3 is 0 Å². The van der Waals surface area contributed by atoms with Crippen LogP contribution in [-0.2, 0) is 9.36 Å². The minimum atomic E-state index is -3.42. The summed E-state index contributed by atoms with van der Waals surface area (Å²) in [5.41, 5.74) is 9.51. The number of hydrogen-bond acceptors (Lipinski definition) is 2. The summed E-state index contributed by atoms with van der Waals surface area (Å²) in [7, 11) is -3.42. The third-order valence-electron chi connectivity index (χ3n) is 0.421. The second kappa shape index (κ2) is 3.17. The van der Waals surface area contributed by atoms with Crippen LogP contribution < -0.4 is 16.1 Å². The van der Waals surface area contributed by atoms with Gasteiger partial charge in [-0.1, -0.05) is 0 Å². The Balaban J connectivity index is 3.75. The summed E-state index contributed by atoms with van der Waals surface area (Å²) in [5, 5.41) is 1.81. The molecule has 0 aromatic rings. The Kier molecular flexibility index (Phi) is 3.14. The molecule has 54 valence electrons. The quantitative estimate of drug-likeness (QED) is 0.380. The van der Waals surface area contributed by atoms with Crippen LogP contribution in [0, 0.1) is 0 Å². The highest BCUT2D eigenvalue weighted by atomic mass is 35.5. The molecule has 0 bridgehead atoms. The van der Waals surface area contributed by atoms with Gasteiger partial charge in [-0.2, -0.15) is 0 Å². The molecule has 0 aliphatic rings. The van der Waals surface area contributed by atoms with Gasteiger partial charge in [0.25, 0.3) is 7.59 Å². The van der Waals surface area contributed by atoms with Crippen molar-refractivity contribution in [2.75, 3.05) is 5.88 Å². The van der Waals surface area contributed by atoms with Crippen LogP contribution in [0.4, 0.5) is 0 Å². The van der Waals surface area contributed by atoms with Crippen LogP contribution in [0.15, 0.2) is 0 Å². The molecule has 0 atom stereocenters. The van der Waals surface area contributed by atoms with Gasteiger partial charge in [0.2, 0.25) is 5.91 Å². The van der Waals surface area contributed by atoms with Crippen molar-refractivity contribution in [3.63, 3.8) is 0 Å². The normalized spacial score (nSPS) is 11.0. The van der Waals surface area contributed by atoms with Crippen LogP contribution in [0.1, 0.15) is 0 Å². The minimum absolute atomic E-state index is 0.293. The van der Waals surface area contributed by atoms with Crippen molar-refractivity contribution < 1.29 is 9.36 Å². The first kappa shape index (κ1) is 8.91. The monoisotopic (exact) mass is 171 g/mol. The highest BCUT2D eigenvalue weighted by Gasteiger charge is 2.10. The average molecular weight is 172 g/mol. The molecule has 0 unspecified atom stereocenters. The van der Waals surface area contributed by atoms with Crippen molar-refractivity contribution in [1.82, 2.24) is 5.09 Å². The zero-order chi connectivity index (χ0) is 7.49. The van der Waals surface area contributed by atoms with Crippen molar-refractivity contribution in [2.24, 2.45) is 11.0 Å². The van der Waals surface area contributed by atoms with Gasteiger partial charge in [0.15, 0.2) is 0 Å². The number of amides is 1. The van der Waals surface area contributed by atoms with E-state index in [2.05, 4.69) is 0 Å². The Morgan fingerprint density at radius 1 is 1.67 bits per heavy atom. The maximum absolute atomic E-state index is 10.3. The third-order valence-corrected chi connectivity index (χ3v) is 1.26. The van der Waals surface area contributed by atoms with E-state index in [1.807, 2.05) is 5.09 Å². The van der Waals surface area contributed by atoms with Gasteiger partial charge in [-0.05, 0) is 0 Å². The number of carbonyl (C=O) groups excluding carboxylic acids is 1. The Morgan fingerprint density at radius 2 is 2.11 bits per heavy atom. The highest BCUT2D eigenvalue weighted by Crippen LogP contribution is 2.16. The van der Waals surface area contributed by atoms with Crippen LogP contribution in [-0.4, -0.2) is 11.8 Å². The molecule has 0 aromatic heterocycles. The molecule has 0 spiro atoms. The zero-order valence-electron chi connectivity index (χ0n) is 4.50. The number of hydrogen-bond donors (Lipinski definition) is 3. The summed E-state index contributed by atoms with van der Waals surface area (Å²) in [6, 6.07) is 0. The summed E-state index contributed by atoms with van der Waals surface area (Å²) in [5.74, 6) is -0.928. The van der Waals surface area contributed by atoms with Crippen molar-refractivity contribution in [1.29, 1.82) is 0 Å². The fourth-order valence-electron chi connectivity index (χ4n) is 0.225. The standard InChI is InChI=1S/C2H7ClN3O2P/c3-1-2(7)6-9(4,5)8/h1H2,(H5,4,5,6,7,8). The topological polar surface area (TPSA) is 98.2 Å². The van der Waals surface area contributed by atoms with Crippen molar-refractivity contribution in [3.05, 3.63) is 0 Å². The third kappa shape index (κ3) is 5.79. The molecular weight excluding hydrogens is 164 g/mol. The van der Waals surface area contributed by atoms with E-state index in [1.165, 1.54) is 0 Å². The van der Waals surface area contributed by atoms with Crippen LogP contribution in [0.2, 0.25) is 0 Å². The largest absolute Gasteiger partial charge is 0.300 e. The Labute approximate surface area is 57.3 Å². The van der Waals surface area contributed by atoms with Gasteiger partial charge in [-0.3, -0.25) is 25.5 Å². The maximum Gasteiger partial charge on any atom is 0.300 e. The molecule has 0 saturated carbocycles. The molecule has 5 N–H and O–H groups in total. The number of halogens is 1. The lowest BCUT2D eigenvalue weighted by Gasteiger charge is -2.05. The zero-order valence-corrected chi connectivity index (χ0v) is 6.15. The van der Waals surface area contributed by atoms with Crippen LogP contribution in [0.5, 0.6) is 0 Å². The Morgan fingerprint density at radius 3 is 2.22 bits per heavy atom.